The van der Waals surface area contributed by atoms with E-state index in [0.29, 0.717) is 6.61 Å². The first-order chi connectivity index (χ1) is 13.7. The predicted octanol–water partition coefficient (Wildman–Crippen LogP) is 4.73. The highest BCUT2D eigenvalue weighted by Gasteiger charge is 2.40. The lowest BCUT2D eigenvalue weighted by Gasteiger charge is -2.24. The van der Waals surface area contributed by atoms with Gasteiger partial charge in [-0.1, -0.05) is 6.07 Å². The van der Waals surface area contributed by atoms with Gasteiger partial charge in [0.1, 0.15) is 23.3 Å². The average molecular weight is 394 g/mol. The molecule has 1 aromatic carbocycles. The Morgan fingerprint density at radius 3 is 2.61 bits per heavy atom. The van der Waals surface area contributed by atoms with Crippen molar-refractivity contribution < 1.29 is 9.15 Å². The van der Waals surface area contributed by atoms with Crippen molar-refractivity contribution >= 4 is 17.3 Å². The van der Waals surface area contributed by atoms with Crippen LogP contribution >= 0.6 is 12.2 Å². The number of hydrogen-bond acceptors (Lipinski definition) is 4. The van der Waals surface area contributed by atoms with E-state index in [-0.39, 0.29) is 12.1 Å². The number of benzene rings is 1. The molecule has 0 aliphatic carbocycles. The van der Waals surface area contributed by atoms with Crippen LogP contribution in [0.2, 0.25) is 0 Å². The molecule has 2 aromatic heterocycles. The molecule has 0 unspecified atom stereocenters. The van der Waals surface area contributed by atoms with Gasteiger partial charge in [0.2, 0.25) is 0 Å². The highest BCUT2D eigenvalue weighted by atomic mass is 32.1. The number of likely N-dealkylation sites (N-methyl/N-ethyl adjacent to an activating group) is 1. The fourth-order valence-electron chi connectivity index (χ4n) is 3.60. The third-order valence-corrected chi connectivity index (χ3v) is 5.26. The second kappa shape index (κ2) is 8.02. The van der Waals surface area contributed by atoms with Crippen molar-refractivity contribution in [2.45, 2.75) is 25.9 Å². The Balaban J connectivity index is 1.65. The molecule has 0 saturated carbocycles. The van der Waals surface area contributed by atoms with Gasteiger partial charge in [-0.15, -0.1) is 0 Å². The number of nitrogens with one attached hydrogen (secondary N) is 1. The van der Waals surface area contributed by atoms with Crippen LogP contribution in [0.4, 0.5) is 0 Å². The molecule has 0 spiro atoms. The third kappa shape index (κ3) is 3.47. The smallest absolute Gasteiger partial charge is 0.170 e. The number of ether oxygens (including phenoxy) is 1. The van der Waals surface area contributed by atoms with Crippen molar-refractivity contribution in [1.29, 1.82) is 0 Å². The SMILES string of the molecule is CCOc1ccc(-c2ccc([C@@H]3[C@H](c4ccccn4)NC(=S)N3CC)o2)cc1. The van der Waals surface area contributed by atoms with Crippen molar-refractivity contribution in [3.63, 3.8) is 0 Å². The number of hydrogen-bond donors (Lipinski definition) is 1. The summed E-state index contributed by atoms with van der Waals surface area (Å²) in [5.74, 6) is 2.55. The van der Waals surface area contributed by atoms with Gasteiger partial charge in [-0.05, 0) is 74.6 Å². The molecule has 144 valence electrons. The van der Waals surface area contributed by atoms with Crippen LogP contribution in [-0.4, -0.2) is 28.1 Å². The molecule has 3 aromatic rings. The Morgan fingerprint density at radius 1 is 1.11 bits per heavy atom. The van der Waals surface area contributed by atoms with Crippen LogP contribution in [0.3, 0.4) is 0 Å². The van der Waals surface area contributed by atoms with E-state index in [0.717, 1.165) is 40.2 Å². The molecular weight excluding hydrogens is 370 g/mol. The molecule has 6 heteroatoms. The van der Waals surface area contributed by atoms with E-state index >= 15 is 0 Å². The second-order valence-electron chi connectivity index (χ2n) is 6.57. The summed E-state index contributed by atoms with van der Waals surface area (Å²) in [5, 5.41) is 4.13. The summed E-state index contributed by atoms with van der Waals surface area (Å²) in [6.45, 7) is 5.52. The second-order valence-corrected chi connectivity index (χ2v) is 6.96. The van der Waals surface area contributed by atoms with Crippen LogP contribution in [0.1, 0.15) is 37.4 Å². The van der Waals surface area contributed by atoms with E-state index in [4.69, 9.17) is 21.4 Å². The van der Waals surface area contributed by atoms with E-state index in [9.17, 15) is 0 Å². The fraction of sp³-hybridized carbons (Fsp3) is 0.273. The first-order valence-corrected chi connectivity index (χ1v) is 9.93. The highest BCUT2D eigenvalue weighted by molar-refractivity contribution is 7.80. The van der Waals surface area contributed by atoms with Crippen LogP contribution in [0.25, 0.3) is 11.3 Å². The van der Waals surface area contributed by atoms with Gasteiger partial charge in [-0.25, -0.2) is 0 Å². The summed E-state index contributed by atoms with van der Waals surface area (Å²) in [7, 11) is 0. The summed E-state index contributed by atoms with van der Waals surface area (Å²) in [6, 6.07) is 17.8. The maximum atomic E-state index is 6.28. The lowest BCUT2D eigenvalue weighted by Crippen LogP contribution is -2.29. The van der Waals surface area contributed by atoms with Crippen molar-refractivity contribution in [1.82, 2.24) is 15.2 Å². The van der Waals surface area contributed by atoms with Crippen LogP contribution in [0.15, 0.2) is 65.2 Å². The summed E-state index contributed by atoms with van der Waals surface area (Å²) in [6.07, 6.45) is 1.80. The Labute approximate surface area is 170 Å². The zero-order valence-electron chi connectivity index (χ0n) is 16.0. The van der Waals surface area contributed by atoms with E-state index < -0.39 is 0 Å². The molecule has 2 atom stereocenters. The van der Waals surface area contributed by atoms with Crippen LogP contribution in [0, 0.1) is 0 Å². The average Bonchev–Trinajstić information content (AvgIpc) is 3.33. The zero-order chi connectivity index (χ0) is 19.5. The number of furan rings is 1. The lowest BCUT2D eigenvalue weighted by molar-refractivity contribution is 0.284. The Kier molecular flexibility index (Phi) is 5.30. The van der Waals surface area contributed by atoms with Gasteiger partial charge >= 0.3 is 0 Å². The van der Waals surface area contributed by atoms with Gasteiger partial charge in [0.25, 0.3) is 0 Å². The summed E-state index contributed by atoms with van der Waals surface area (Å²) in [5.41, 5.74) is 1.96. The fourth-order valence-corrected chi connectivity index (χ4v) is 3.97. The first kappa shape index (κ1) is 18.5. The minimum atomic E-state index is -0.0482. The Bertz CT molecular complexity index is 940. The maximum Gasteiger partial charge on any atom is 0.170 e. The normalized spacial score (nSPS) is 18.9. The van der Waals surface area contributed by atoms with Gasteiger partial charge in [0, 0.05) is 18.3 Å². The molecular formula is C22H23N3O2S. The van der Waals surface area contributed by atoms with E-state index in [2.05, 4.69) is 22.1 Å². The molecule has 1 N–H and O–H groups in total. The zero-order valence-corrected chi connectivity index (χ0v) is 16.8. The molecule has 1 aliphatic rings. The molecule has 5 nitrogen and oxygen atoms in total. The minimum Gasteiger partial charge on any atom is -0.494 e. The van der Waals surface area contributed by atoms with Crippen molar-refractivity contribution in [3.05, 3.63) is 72.2 Å². The van der Waals surface area contributed by atoms with Crippen LogP contribution in [0.5, 0.6) is 5.75 Å². The van der Waals surface area contributed by atoms with Gasteiger partial charge in [-0.2, -0.15) is 0 Å². The predicted molar refractivity (Wildman–Crippen MR) is 113 cm³/mol. The number of nitrogens with zero attached hydrogens (tertiary/aromatic N) is 2. The molecule has 0 radical (unpaired) electrons. The Morgan fingerprint density at radius 2 is 1.93 bits per heavy atom. The quantitative estimate of drug-likeness (QED) is 0.611. The van der Waals surface area contributed by atoms with E-state index in [1.54, 1.807) is 6.20 Å². The van der Waals surface area contributed by atoms with Gasteiger partial charge in [-0.3, -0.25) is 4.98 Å². The highest BCUT2D eigenvalue weighted by Crippen LogP contribution is 2.40. The maximum absolute atomic E-state index is 6.28. The molecule has 0 amide bonds. The molecule has 4 rings (SSSR count). The monoisotopic (exact) mass is 393 g/mol. The van der Waals surface area contributed by atoms with Crippen molar-refractivity contribution in [3.8, 4) is 17.1 Å². The number of thiocarbonyl (C=S) groups is 1. The molecule has 1 aliphatic heterocycles. The summed E-state index contributed by atoms with van der Waals surface area (Å²) < 4.78 is 11.8. The molecule has 3 heterocycles. The van der Waals surface area contributed by atoms with E-state index in [1.165, 1.54) is 0 Å². The standard InChI is InChI=1S/C22H23N3O2S/c1-3-25-21(20(24-22(25)28)17-7-5-6-14-23-17)19-13-12-18(27-19)15-8-10-16(11-9-15)26-4-2/h5-14,20-21H,3-4H2,1-2H3,(H,24,28)/t20-,21+/m0/s1. The minimum absolute atomic E-state index is 0.0381. The van der Waals surface area contributed by atoms with Gasteiger partial charge < -0.3 is 19.4 Å². The molecule has 1 saturated heterocycles. The number of aromatic nitrogens is 1. The third-order valence-electron chi connectivity index (χ3n) is 4.91. The largest absolute Gasteiger partial charge is 0.494 e. The van der Waals surface area contributed by atoms with Crippen LogP contribution in [-0.2, 0) is 0 Å². The van der Waals surface area contributed by atoms with E-state index in [1.807, 2.05) is 61.5 Å². The first-order valence-electron chi connectivity index (χ1n) is 9.52. The van der Waals surface area contributed by atoms with Gasteiger partial charge in [0.05, 0.1) is 18.3 Å². The molecule has 1 fully saturated rings. The summed E-state index contributed by atoms with van der Waals surface area (Å²) >= 11 is 5.56. The molecule has 0 bridgehead atoms. The van der Waals surface area contributed by atoms with Crippen LogP contribution < -0.4 is 10.1 Å². The number of pyridine rings is 1. The summed E-state index contributed by atoms with van der Waals surface area (Å²) in [4.78, 5) is 6.68. The van der Waals surface area contributed by atoms with Gasteiger partial charge in [0.15, 0.2) is 5.11 Å². The topological polar surface area (TPSA) is 50.5 Å². The van der Waals surface area contributed by atoms with Crippen molar-refractivity contribution in [2.24, 2.45) is 0 Å². The molecule has 28 heavy (non-hydrogen) atoms. The lowest BCUT2D eigenvalue weighted by atomic mass is 10.0. The Hall–Kier alpha value is -2.86. The van der Waals surface area contributed by atoms with Crippen molar-refractivity contribution in [2.75, 3.05) is 13.2 Å². The number of rotatable bonds is 6.